The molecule has 164 valence electrons. The van der Waals surface area contributed by atoms with Gasteiger partial charge in [-0.25, -0.2) is 5.43 Å². The first-order valence-corrected chi connectivity index (χ1v) is 11.5. The zero-order chi connectivity index (χ0) is 23.0. The first-order valence-electron chi connectivity index (χ1n) is 9.93. The zero-order valence-electron chi connectivity index (χ0n) is 18.1. The number of nitrogens with one attached hydrogen (secondary N) is 1. The minimum absolute atomic E-state index is 0.197. The molecule has 0 aliphatic carbocycles. The van der Waals surface area contributed by atoms with Crippen molar-refractivity contribution in [1.29, 1.82) is 0 Å². The molecule has 0 bridgehead atoms. The summed E-state index contributed by atoms with van der Waals surface area (Å²) < 4.78 is 9.52. The molecule has 0 spiro atoms. The van der Waals surface area contributed by atoms with Crippen LogP contribution in [0.25, 0.3) is 16.7 Å². The molecule has 0 fully saturated rings. The SMILES string of the molecule is Cc1cc(/C=N\NC(=O)c2cc3cc(Br)cc(Br)c3o2)c(C)n1-c1ccc(N(C)C)cc1. The summed E-state index contributed by atoms with van der Waals surface area (Å²) in [7, 11) is 4.04. The van der Waals surface area contributed by atoms with Gasteiger partial charge in [-0.3, -0.25) is 4.79 Å². The van der Waals surface area contributed by atoms with E-state index in [4.69, 9.17) is 4.42 Å². The Morgan fingerprint density at radius 2 is 1.81 bits per heavy atom. The van der Waals surface area contributed by atoms with Gasteiger partial charge in [-0.15, -0.1) is 0 Å². The van der Waals surface area contributed by atoms with Gasteiger partial charge in [0.05, 0.1) is 10.7 Å². The van der Waals surface area contributed by atoms with Crippen molar-refractivity contribution in [3.63, 3.8) is 0 Å². The number of amides is 1. The number of halogens is 2. The van der Waals surface area contributed by atoms with E-state index in [1.807, 2.05) is 46.1 Å². The van der Waals surface area contributed by atoms with Crippen LogP contribution < -0.4 is 10.3 Å². The molecule has 8 heteroatoms. The van der Waals surface area contributed by atoms with E-state index in [2.05, 4.69) is 76.1 Å². The summed E-state index contributed by atoms with van der Waals surface area (Å²) in [5.41, 5.74) is 8.44. The second-order valence-electron chi connectivity index (χ2n) is 7.69. The molecule has 32 heavy (non-hydrogen) atoms. The Hall–Kier alpha value is -2.84. The first-order chi connectivity index (χ1) is 15.2. The van der Waals surface area contributed by atoms with E-state index in [1.54, 1.807) is 12.3 Å². The largest absolute Gasteiger partial charge is 0.450 e. The fourth-order valence-corrected chi connectivity index (χ4v) is 4.96. The molecule has 6 nitrogen and oxygen atoms in total. The molecule has 4 aromatic rings. The van der Waals surface area contributed by atoms with Crippen LogP contribution in [0.3, 0.4) is 0 Å². The average molecular weight is 558 g/mol. The lowest BCUT2D eigenvalue weighted by Crippen LogP contribution is -2.16. The fourth-order valence-electron chi connectivity index (χ4n) is 3.62. The van der Waals surface area contributed by atoms with Crippen molar-refractivity contribution in [2.75, 3.05) is 19.0 Å². The number of fused-ring (bicyclic) bond motifs is 1. The summed E-state index contributed by atoms with van der Waals surface area (Å²) in [5, 5.41) is 4.97. The van der Waals surface area contributed by atoms with E-state index in [0.29, 0.717) is 5.58 Å². The number of carbonyl (C=O) groups is 1. The molecular weight excluding hydrogens is 536 g/mol. The maximum Gasteiger partial charge on any atom is 0.307 e. The Balaban J connectivity index is 1.52. The maximum absolute atomic E-state index is 12.5. The number of hydrogen-bond acceptors (Lipinski definition) is 4. The van der Waals surface area contributed by atoms with E-state index in [1.165, 1.54) is 0 Å². The normalized spacial score (nSPS) is 11.4. The number of hydrazone groups is 1. The number of hydrogen-bond donors (Lipinski definition) is 1. The molecule has 0 atom stereocenters. The van der Waals surface area contributed by atoms with Gasteiger partial charge in [-0.05, 0) is 78.3 Å². The Morgan fingerprint density at radius 3 is 2.50 bits per heavy atom. The monoisotopic (exact) mass is 556 g/mol. The van der Waals surface area contributed by atoms with Crippen LogP contribution in [0.1, 0.15) is 27.5 Å². The van der Waals surface area contributed by atoms with Gasteiger partial charge in [-0.1, -0.05) is 15.9 Å². The highest BCUT2D eigenvalue weighted by molar-refractivity contribution is 9.11. The van der Waals surface area contributed by atoms with Crippen LogP contribution in [0.4, 0.5) is 5.69 Å². The number of aromatic nitrogens is 1. The van der Waals surface area contributed by atoms with Gasteiger partial charge in [0.15, 0.2) is 5.76 Å². The molecular formula is C24H22Br2N4O2. The average Bonchev–Trinajstić information content (AvgIpc) is 3.29. The van der Waals surface area contributed by atoms with E-state index in [9.17, 15) is 4.79 Å². The van der Waals surface area contributed by atoms with Crippen molar-refractivity contribution < 1.29 is 9.21 Å². The van der Waals surface area contributed by atoms with Crippen molar-refractivity contribution in [3.05, 3.63) is 80.2 Å². The molecule has 0 aliphatic rings. The number of rotatable bonds is 5. The van der Waals surface area contributed by atoms with Crippen molar-refractivity contribution >= 4 is 60.6 Å². The predicted molar refractivity (Wildman–Crippen MR) is 136 cm³/mol. The highest BCUT2D eigenvalue weighted by atomic mass is 79.9. The molecule has 0 aliphatic heterocycles. The second-order valence-corrected chi connectivity index (χ2v) is 9.46. The van der Waals surface area contributed by atoms with E-state index >= 15 is 0 Å². The topological polar surface area (TPSA) is 62.8 Å². The molecule has 4 rings (SSSR count). The summed E-state index contributed by atoms with van der Waals surface area (Å²) >= 11 is 6.89. The summed E-state index contributed by atoms with van der Waals surface area (Å²) in [5.74, 6) is -0.212. The van der Waals surface area contributed by atoms with Crippen molar-refractivity contribution in [1.82, 2.24) is 9.99 Å². The highest BCUT2D eigenvalue weighted by Crippen LogP contribution is 2.31. The van der Waals surface area contributed by atoms with Crippen molar-refractivity contribution in [3.8, 4) is 5.69 Å². The molecule has 1 amide bonds. The van der Waals surface area contributed by atoms with Gasteiger partial charge in [0.25, 0.3) is 0 Å². The third-order valence-corrected chi connectivity index (χ3v) is 6.27. The minimum atomic E-state index is -0.409. The number of benzene rings is 2. The van der Waals surface area contributed by atoms with Crippen LogP contribution in [0.15, 0.2) is 67.0 Å². The van der Waals surface area contributed by atoms with Crippen LogP contribution in [0.5, 0.6) is 0 Å². The van der Waals surface area contributed by atoms with Crippen LogP contribution >= 0.6 is 31.9 Å². The van der Waals surface area contributed by atoms with Crippen molar-refractivity contribution in [2.45, 2.75) is 13.8 Å². The lowest BCUT2D eigenvalue weighted by Gasteiger charge is -2.14. The second kappa shape index (κ2) is 8.96. The molecule has 2 heterocycles. The molecule has 0 saturated carbocycles. The summed E-state index contributed by atoms with van der Waals surface area (Å²) in [6.45, 7) is 4.08. The molecule has 1 N–H and O–H groups in total. The Labute approximate surface area is 203 Å². The lowest BCUT2D eigenvalue weighted by molar-refractivity contribution is 0.0929. The standard InChI is InChI=1S/C24H22Br2N4O2/c1-14-9-17(15(2)30(14)20-7-5-19(6-8-20)29(3)4)13-27-28-24(31)22-11-16-10-18(25)12-21(26)23(16)32-22/h5-13H,1-4H3,(H,28,31)/b27-13-. The number of furan rings is 1. The summed E-state index contributed by atoms with van der Waals surface area (Å²) in [6, 6.07) is 15.9. The Bertz CT molecular complexity index is 1330. The Kier molecular flexibility index (Phi) is 6.26. The number of aryl methyl sites for hydroxylation is 1. The molecule has 2 aromatic carbocycles. The van der Waals surface area contributed by atoms with Gasteiger partial charge in [-0.2, -0.15) is 5.10 Å². The lowest BCUT2D eigenvalue weighted by atomic mass is 10.2. The van der Waals surface area contributed by atoms with Gasteiger partial charge < -0.3 is 13.9 Å². The first kappa shape index (κ1) is 22.4. The van der Waals surface area contributed by atoms with Gasteiger partial charge in [0, 0.05) is 52.3 Å². The Morgan fingerprint density at radius 1 is 1.09 bits per heavy atom. The smallest absolute Gasteiger partial charge is 0.307 e. The number of nitrogens with zero attached hydrogens (tertiary/aromatic N) is 3. The van der Waals surface area contributed by atoms with Gasteiger partial charge >= 0.3 is 5.91 Å². The third kappa shape index (κ3) is 4.38. The fraction of sp³-hybridized carbons (Fsp3) is 0.167. The van der Waals surface area contributed by atoms with E-state index in [-0.39, 0.29) is 5.76 Å². The van der Waals surface area contributed by atoms with E-state index < -0.39 is 5.91 Å². The highest BCUT2D eigenvalue weighted by Gasteiger charge is 2.15. The van der Waals surface area contributed by atoms with Crippen LogP contribution in [-0.2, 0) is 0 Å². The zero-order valence-corrected chi connectivity index (χ0v) is 21.3. The quantitative estimate of drug-likeness (QED) is 0.235. The van der Waals surface area contributed by atoms with Crippen molar-refractivity contribution in [2.24, 2.45) is 5.10 Å². The summed E-state index contributed by atoms with van der Waals surface area (Å²) in [6.07, 6.45) is 1.65. The number of carbonyl (C=O) groups excluding carboxylic acids is 1. The molecule has 2 aromatic heterocycles. The molecule has 0 saturated heterocycles. The molecule has 0 radical (unpaired) electrons. The molecule has 0 unspecified atom stereocenters. The van der Waals surface area contributed by atoms with Crippen LogP contribution in [0.2, 0.25) is 0 Å². The predicted octanol–water partition coefficient (Wildman–Crippen LogP) is 6.20. The maximum atomic E-state index is 12.5. The van der Waals surface area contributed by atoms with Crippen LogP contribution in [0, 0.1) is 13.8 Å². The van der Waals surface area contributed by atoms with Gasteiger partial charge in [0.1, 0.15) is 5.58 Å². The number of anilines is 1. The van der Waals surface area contributed by atoms with Crippen LogP contribution in [-0.4, -0.2) is 30.8 Å². The summed E-state index contributed by atoms with van der Waals surface area (Å²) in [4.78, 5) is 14.6. The minimum Gasteiger partial charge on any atom is -0.450 e. The van der Waals surface area contributed by atoms with Gasteiger partial charge in [0.2, 0.25) is 0 Å². The van der Waals surface area contributed by atoms with E-state index in [0.717, 1.165) is 42.7 Å². The third-order valence-electron chi connectivity index (χ3n) is 5.22.